The van der Waals surface area contributed by atoms with Gasteiger partial charge in [-0.2, -0.15) is 0 Å². The predicted molar refractivity (Wildman–Crippen MR) is 166 cm³/mol. The van der Waals surface area contributed by atoms with Gasteiger partial charge in [0.1, 0.15) is 23.0 Å². The van der Waals surface area contributed by atoms with E-state index in [1.54, 1.807) is 24.3 Å². The molecule has 0 bridgehead atoms. The van der Waals surface area contributed by atoms with Crippen molar-refractivity contribution in [3.63, 3.8) is 0 Å². The molecule has 0 atom stereocenters. The number of hydrogen-bond acceptors (Lipinski definition) is 4. The highest BCUT2D eigenvalue weighted by Gasteiger charge is 2.17. The van der Waals surface area contributed by atoms with Crippen LogP contribution in [0.1, 0.15) is 68.8 Å². The Morgan fingerprint density at radius 3 is 1.20 bits per heavy atom. The molecule has 0 saturated carbocycles. The minimum atomic E-state index is 0.0763. The lowest BCUT2D eigenvalue weighted by atomic mass is 9.85. The summed E-state index contributed by atoms with van der Waals surface area (Å²) < 4.78 is 0. The van der Waals surface area contributed by atoms with Gasteiger partial charge < -0.3 is 20.4 Å². The molecule has 0 fully saturated rings. The molecule has 5 rings (SSSR count). The van der Waals surface area contributed by atoms with E-state index in [4.69, 9.17) is 0 Å². The number of benzene rings is 5. The lowest BCUT2D eigenvalue weighted by molar-refractivity contribution is 0.470. The molecule has 0 aliphatic rings. The maximum atomic E-state index is 9.78. The zero-order chi connectivity index (χ0) is 29.7. The zero-order valence-corrected chi connectivity index (χ0v) is 24.3. The van der Waals surface area contributed by atoms with Gasteiger partial charge in [0.05, 0.1) is 0 Å². The van der Waals surface area contributed by atoms with E-state index in [2.05, 4.69) is 31.2 Å². The van der Waals surface area contributed by atoms with Crippen LogP contribution in [-0.2, 0) is 0 Å². The SMILES string of the molecule is Cc1cc(C(C)c2cc(C)c(O)cc2C)c(C)cc1O.Oc1ccc(C(c2ccccc2)c2ccc(O)cc2)cc1. The van der Waals surface area contributed by atoms with Crippen molar-refractivity contribution in [2.24, 2.45) is 0 Å². The number of phenols is 4. The van der Waals surface area contributed by atoms with Crippen molar-refractivity contribution in [1.82, 2.24) is 0 Å². The summed E-state index contributed by atoms with van der Waals surface area (Å²) in [6.45, 7) is 10.0. The van der Waals surface area contributed by atoms with Crippen molar-refractivity contribution in [2.75, 3.05) is 0 Å². The molecule has 4 heteroatoms. The van der Waals surface area contributed by atoms with Crippen LogP contribution in [0.15, 0.2) is 103 Å². The van der Waals surface area contributed by atoms with Crippen LogP contribution in [0.25, 0.3) is 0 Å². The molecule has 0 aliphatic carbocycles. The highest BCUT2D eigenvalue weighted by molar-refractivity contribution is 5.49. The maximum absolute atomic E-state index is 9.78. The van der Waals surface area contributed by atoms with Gasteiger partial charge >= 0.3 is 0 Å². The Kier molecular flexibility index (Phi) is 9.04. The Morgan fingerprint density at radius 1 is 0.439 bits per heavy atom. The molecule has 0 unspecified atom stereocenters. The summed E-state index contributed by atoms with van der Waals surface area (Å²) in [6, 6.07) is 32.5. The van der Waals surface area contributed by atoms with Crippen molar-refractivity contribution in [1.29, 1.82) is 0 Å². The molecule has 0 aliphatic heterocycles. The average Bonchev–Trinajstić information content (AvgIpc) is 2.95. The molecule has 210 valence electrons. The van der Waals surface area contributed by atoms with Crippen LogP contribution in [0.2, 0.25) is 0 Å². The van der Waals surface area contributed by atoms with Crippen LogP contribution in [0.5, 0.6) is 23.0 Å². The smallest absolute Gasteiger partial charge is 0.118 e. The highest BCUT2D eigenvalue weighted by atomic mass is 16.3. The van der Waals surface area contributed by atoms with Gasteiger partial charge in [0.15, 0.2) is 0 Å². The fourth-order valence-corrected chi connectivity index (χ4v) is 5.30. The fourth-order valence-electron chi connectivity index (χ4n) is 5.30. The molecule has 0 aromatic heterocycles. The third-order valence-corrected chi connectivity index (χ3v) is 7.69. The van der Waals surface area contributed by atoms with Crippen LogP contribution in [0.4, 0.5) is 0 Å². The summed E-state index contributed by atoms with van der Waals surface area (Å²) >= 11 is 0. The largest absolute Gasteiger partial charge is 0.508 e. The lowest BCUT2D eigenvalue weighted by Gasteiger charge is -2.20. The number of phenolic OH excluding ortho intramolecular Hbond substituents is 4. The van der Waals surface area contributed by atoms with Crippen molar-refractivity contribution < 1.29 is 20.4 Å². The quantitative estimate of drug-likeness (QED) is 0.166. The van der Waals surface area contributed by atoms with E-state index in [1.165, 1.54) is 16.7 Å². The first-order valence-electron chi connectivity index (χ1n) is 13.8. The molecule has 5 aromatic rings. The number of rotatable bonds is 5. The van der Waals surface area contributed by atoms with Gasteiger partial charge in [-0.05, 0) is 114 Å². The van der Waals surface area contributed by atoms with E-state index in [-0.39, 0.29) is 23.3 Å². The minimum Gasteiger partial charge on any atom is -0.508 e. The number of hydrogen-bond donors (Lipinski definition) is 4. The van der Waals surface area contributed by atoms with E-state index in [9.17, 15) is 20.4 Å². The van der Waals surface area contributed by atoms with Crippen LogP contribution in [-0.4, -0.2) is 20.4 Å². The average molecular weight is 547 g/mol. The highest BCUT2D eigenvalue weighted by Crippen LogP contribution is 2.35. The van der Waals surface area contributed by atoms with Gasteiger partial charge in [-0.1, -0.05) is 73.7 Å². The number of aromatic hydroxyl groups is 4. The summed E-state index contributed by atoms with van der Waals surface area (Å²) in [4.78, 5) is 0. The molecule has 4 N–H and O–H groups in total. The van der Waals surface area contributed by atoms with Gasteiger partial charge in [0.2, 0.25) is 0 Å². The van der Waals surface area contributed by atoms with E-state index in [0.717, 1.165) is 33.4 Å². The summed E-state index contributed by atoms with van der Waals surface area (Å²) in [5.41, 5.74) is 9.78. The van der Waals surface area contributed by atoms with E-state index in [0.29, 0.717) is 11.5 Å². The zero-order valence-electron chi connectivity index (χ0n) is 24.3. The maximum Gasteiger partial charge on any atom is 0.118 e. The van der Waals surface area contributed by atoms with Gasteiger partial charge in [-0.3, -0.25) is 0 Å². The molecular formula is C37H38O4. The topological polar surface area (TPSA) is 80.9 Å². The van der Waals surface area contributed by atoms with Crippen LogP contribution < -0.4 is 0 Å². The Balaban J connectivity index is 0.000000189. The van der Waals surface area contributed by atoms with Crippen LogP contribution >= 0.6 is 0 Å². The Labute approximate surface area is 242 Å². The Hall–Kier alpha value is -4.70. The second-order valence-corrected chi connectivity index (χ2v) is 10.7. The monoisotopic (exact) mass is 546 g/mol. The van der Waals surface area contributed by atoms with Crippen molar-refractivity contribution >= 4 is 0 Å². The van der Waals surface area contributed by atoms with Gasteiger partial charge in [-0.15, -0.1) is 0 Å². The first-order valence-corrected chi connectivity index (χ1v) is 13.8. The lowest BCUT2D eigenvalue weighted by Crippen LogP contribution is -2.02. The third kappa shape index (κ3) is 6.90. The normalized spacial score (nSPS) is 10.9. The summed E-state index contributed by atoms with van der Waals surface area (Å²) in [5, 5.41) is 38.5. The second kappa shape index (κ2) is 12.6. The molecule has 0 spiro atoms. The molecule has 0 saturated heterocycles. The molecule has 0 heterocycles. The second-order valence-electron chi connectivity index (χ2n) is 10.7. The first-order chi connectivity index (χ1) is 19.5. The number of aryl methyl sites for hydroxylation is 4. The summed E-state index contributed by atoms with van der Waals surface area (Å²) in [5.74, 6) is 1.52. The van der Waals surface area contributed by atoms with Gasteiger partial charge in [0, 0.05) is 11.8 Å². The molecular weight excluding hydrogens is 508 g/mol. The molecule has 4 nitrogen and oxygen atoms in total. The summed E-state index contributed by atoms with van der Waals surface area (Å²) in [7, 11) is 0. The van der Waals surface area contributed by atoms with Crippen LogP contribution in [0, 0.1) is 27.7 Å². The fraction of sp³-hybridized carbons (Fsp3) is 0.189. The Morgan fingerprint density at radius 2 is 0.805 bits per heavy atom. The summed E-state index contributed by atoms with van der Waals surface area (Å²) in [6.07, 6.45) is 0. The Bertz CT molecular complexity index is 1500. The van der Waals surface area contributed by atoms with Crippen molar-refractivity contribution in [3.05, 3.63) is 153 Å². The van der Waals surface area contributed by atoms with Gasteiger partial charge in [0.25, 0.3) is 0 Å². The van der Waals surface area contributed by atoms with Crippen molar-refractivity contribution in [2.45, 2.75) is 46.5 Å². The van der Waals surface area contributed by atoms with Gasteiger partial charge in [-0.25, -0.2) is 0 Å². The molecule has 0 radical (unpaired) electrons. The standard InChI is InChI=1S/C19H16O2.C18H22O2/c20-17-10-6-15(7-11-17)19(14-4-2-1-3-5-14)16-8-12-18(21)13-9-16;1-10-8-17(19)12(3)6-15(10)14(5)16-7-13(4)18(20)9-11(16)2/h1-13,19-21H;6-9,14,19-20H,1-5H3. The van der Waals surface area contributed by atoms with E-state index < -0.39 is 0 Å². The first kappa shape index (κ1) is 29.3. The molecule has 0 amide bonds. The predicted octanol–water partition coefficient (Wildman–Crippen LogP) is 8.76. The minimum absolute atomic E-state index is 0.0763. The van der Waals surface area contributed by atoms with E-state index >= 15 is 0 Å². The van der Waals surface area contributed by atoms with E-state index in [1.807, 2.05) is 82.3 Å². The van der Waals surface area contributed by atoms with Crippen molar-refractivity contribution in [3.8, 4) is 23.0 Å². The van der Waals surface area contributed by atoms with Crippen LogP contribution in [0.3, 0.4) is 0 Å². The third-order valence-electron chi connectivity index (χ3n) is 7.69. The molecule has 41 heavy (non-hydrogen) atoms. The molecule has 5 aromatic carbocycles.